The average molecular weight is 872 g/mol. The third-order valence-electron chi connectivity index (χ3n) is 8.27. The number of hydrogen-bond acceptors (Lipinski definition) is 14. The number of aliphatic hydroxyl groups excluding tert-OH is 3. The Morgan fingerprint density at radius 3 is 1.47 bits per heavy atom. The lowest BCUT2D eigenvalue weighted by molar-refractivity contribution is -0.0103. The molecule has 6 rings (SSSR count). The van der Waals surface area contributed by atoms with Gasteiger partial charge < -0.3 is 31.7 Å². The molecule has 4 unspecified atom stereocenters. The van der Waals surface area contributed by atoms with Crippen LogP contribution in [0.3, 0.4) is 0 Å². The molecule has 4 atom stereocenters. The molecule has 58 heavy (non-hydrogen) atoms. The highest BCUT2D eigenvalue weighted by molar-refractivity contribution is 7.89. The van der Waals surface area contributed by atoms with E-state index in [1.54, 1.807) is 50.2 Å². The molecular formula is C34H40F3N9O9S3. The van der Waals surface area contributed by atoms with Gasteiger partial charge in [0.05, 0.1) is 33.3 Å². The number of amidine groups is 2. The summed E-state index contributed by atoms with van der Waals surface area (Å²) in [5.74, 6) is -4.04. The van der Waals surface area contributed by atoms with Crippen molar-refractivity contribution in [1.29, 1.82) is 5.41 Å². The van der Waals surface area contributed by atoms with Gasteiger partial charge in [-0.2, -0.15) is 0 Å². The number of aliphatic hydroxyl groups is 3. The summed E-state index contributed by atoms with van der Waals surface area (Å²) in [6.45, 7) is 5.42. The fourth-order valence-electron chi connectivity index (χ4n) is 4.85. The van der Waals surface area contributed by atoms with E-state index < -0.39 is 84.4 Å². The van der Waals surface area contributed by atoms with Crippen LogP contribution >= 0.6 is 0 Å². The largest absolute Gasteiger partial charge is 0.381 e. The SMILES string of the molecule is Cc1ccc(S(=O)(=O)N2C=C(F)C(=N)N(C)C2O)cc1.Cc1ccc(S(=O)(=O)N2C=C(F)C(N)=NC2O)cc1.Cc1ccc(S(=O)(=O)N2C=C(F)C(N)NC2O)cc1. The number of aliphatic imine (C=N–C) groups is 1. The zero-order chi connectivity index (χ0) is 43.5. The van der Waals surface area contributed by atoms with E-state index in [4.69, 9.17) is 16.9 Å². The highest BCUT2D eigenvalue weighted by atomic mass is 32.2. The van der Waals surface area contributed by atoms with Crippen LogP contribution in [0, 0.1) is 26.2 Å². The summed E-state index contributed by atoms with van der Waals surface area (Å²) in [5, 5.41) is 38.7. The Morgan fingerprint density at radius 2 is 1.03 bits per heavy atom. The van der Waals surface area contributed by atoms with Crippen LogP contribution in [0.2, 0.25) is 0 Å². The quantitative estimate of drug-likeness (QED) is 0.185. The van der Waals surface area contributed by atoms with Crippen molar-refractivity contribution in [2.24, 2.45) is 16.5 Å². The van der Waals surface area contributed by atoms with Crippen molar-refractivity contribution in [3.05, 3.63) is 126 Å². The maximum Gasteiger partial charge on any atom is 0.267 e. The van der Waals surface area contributed by atoms with E-state index in [0.29, 0.717) is 31.5 Å². The van der Waals surface area contributed by atoms with Crippen molar-refractivity contribution in [2.75, 3.05) is 7.05 Å². The Bertz CT molecular complexity index is 2400. The summed E-state index contributed by atoms with van der Waals surface area (Å²) in [6, 6.07) is 17.9. The maximum atomic E-state index is 13.5. The van der Waals surface area contributed by atoms with Crippen molar-refractivity contribution >= 4 is 41.7 Å². The van der Waals surface area contributed by atoms with Crippen molar-refractivity contribution < 1.29 is 53.7 Å². The fourth-order valence-corrected chi connectivity index (χ4v) is 8.73. The zero-order valence-corrected chi connectivity index (χ0v) is 33.5. The number of benzene rings is 3. The highest BCUT2D eigenvalue weighted by Gasteiger charge is 2.37. The van der Waals surface area contributed by atoms with Gasteiger partial charge in [0.25, 0.3) is 30.1 Å². The molecule has 9 N–H and O–H groups in total. The number of likely N-dealkylation sites (N-methyl/N-ethyl adjacent to an activating group) is 1. The van der Waals surface area contributed by atoms with Crippen LogP contribution in [-0.4, -0.2) is 102 Å². The molecule has 3 aliphatic heterocycles. The van der Waals surface area contributed by atoms with E-state index in [1.807, 2.05) is 6.92 Å². The molecule has 24 heteroatoms. The van der Waals surface area contributed by atoms with Crippen molar-refractivity contribution in [3.63, 3.8) is 0 Å². The highest BCUT2D eigenvalue weighted by Crippen LogP contribution is 2.26. The number of halogens is 3. The molecule has 0 aromatic heterocycles. The summed E-state index contributed by atoms with van der Waals surface area (Å²) in [7, 11) is -11.0. The Hall–Kier alpha value is -5.34. The average Bonchev–Trinajstić information content (AvgIpc) is 3.16. The summed E-state index contributed by atoms with van der Waals surface area (Å²) in [4.78, 5) is 3.95. The van der Waals surface area contributed by atoms with Gasteiger partial charge in [0, 0.05) is 7.05 Å². The van der Waals surface area contributed by atoms with Gasteiger partial charge in [0.1, 0.15) is 12.0 Å². The lowest BCUT2D eigenvalue weighted by Gasteiger charge is -2.36. The smallest absolute Gasteiger partial charge is 0.267 e. The summed E-state index contributed by atoms with van der Waals surface area (Å²) in [6.07, 6.45) is -4.36. The standard InChI is InChI=1S/C12H14FN3O3S.C11H14FN3O3S.C11H12FN3O3S/c1-8-3-5-9(6-4-8)20(18,19)16-7-10(13)11(14)15(2)12(16)17;2*1-7-2-4-8(5-3-7)19(17,18)15-6-9(12)10(13)14-11(15)16/h3-7,12,14,17H,1-2H3;2-6,10-11,14,16H,13H2,1H3;2-6,11,16H,1H3,(H2,13,14). The number of nitrogens with zero attached hydrogens (tertiary/aromatic N) is 5. The molecular weight excluding hydrogens is 832 g/mol. The van der Waals surface area contributed by atoms with Crippen LogP contribution in [0.15, 0.2) is 129 Å². The molecule has 0 saturated heterocycles. The molecule has 0 bridgehead atoms. The van der Waals surface area contributed by atoms with Crippen LogP contribution < -0.4 is 16.8 Å². The molecule has 0 amide bonds. The molecule has 0 aliphatic carbocycles. The van der Waals surface area contributed by atoms with Gasteiger partial charge in [-0.1, -0.05) is 53.1 Å². The van der Waals surface area contributed by atoms with Crippen LogP contribution in [-0.2, 0) is 30.1 Å². The Morgan fingerprint density at radius 1 is 0.655 bits per heavy atom. The number of rotatable bonds is 6. The monoisotopic (exact) mass is 871 g/mol. The Kier molecular flexibility index (Phi) is 13.8. The fraction of sp³-hybridized carbons (Fsp3) is 0.235. The minimum atomic E-state index is -4.09. The van der Waals surface area contributed by atoms with Crippen molar-refractivity contribution in [3.8, 4) is 0 Å². The van der Waals surface area contributed by atoms with E-state index in [1.165, 1.54) is 43.4 Å². The molecule has 3 aromatic carbocycles. The lowest BCUT2D eigenvalue weighted by atomic mass is 10.2. The van der Waals surface area contributed by atoms with Crippen LogP contribution in [0.4, 0.5) is 13.2 Å². The number of nitrogens with two attached hydrogens (primary N) is 2. The number of hydrogen-bond donors (Lipinski definition) is 7. The minimum Gasteiger partial charge on any atom is -0.381 e. The first-order chi connectivity index (χ1) is 26.9. The third kappa shape index (κ3) is 9.84. The van der Waals surface area contributed by atoms with E-state index in [-0.39, 0.29) is 14.7 Å². The number of aryl methyl sites for hydroxylation is 3. The van der Waals surface area contributed by atoms with E-state index in [2.05, 4.69) is 10.3 Å². The van der Waals surface area contributed by atoms with E-state index >= 15 is 0 Å². The second-order valence-corrected chi connectivity index (χ2v) is 18.1. The van der Waals surface area contributed by atoms with E-state index in [0.717, 1.165) is 21.6 Å². The first-order valence-corrected chi connectivity index (χ1v) is 20.9. The summed E-state index contributed by atoms with van der Waals surface area (Å²) < 4.78 is 115. The Balaban J connectivity index is 0.000000193. The predicted molar refractivity (Wildman–Crippen MR) is 204 cm³/mol. The Labute approximate surface area is 332 Å². The second kappa shape index (κ2) is 17.7. The molecule has 0 spiro atoms. The van der Waals surface area contributed by atoms with Gasteiger partial charge in [0.2, 0.25) is 12.7 Å². The first-order valence-electron chi connectivity index (χ1n) is 16.5. The third-order valence-corrected chi connectivity index (χ3v) is 13.4. The molecule has 3 aliphatic rings. The molecule has 3 heterocycles. The van der Waals surface area contributed by atoms with Crippen molar-refractivity contribution in [2.45, 2.75) is 60.7 Å². The van der Waals surface area contributed by atoms with Gasteiger partial charge in [-0.15, -0.1) is 0 Å². The predicted octanol–water partition coefficient (Wildman–Crippen LogP) is 1.40. The molecule has 0 saturated carbocycles. The zero-order valence-electron chi connectivity index (χ0n) is 31.0. The van der Waals surface area contributed by atoms with Crippen LogP contribution in [0.1, 0.15) is 16.7 Å². The molecule has 0 radical (unpaired) electrons. The van der Waals surface area contributed by atoms with Crippen LogP contribution in [0.5, 0.6) is 0 Å². The van der Waals surface area contributed by atoms with Gasteiger partial charge in [-0.3, -0.25) is 10.7 Å². The maximum absolute atomic E-state index is 13.5. The molecule has 3 aromatic rings. The lowest BCUT2D eigenvalue weighted by Crippen LogP contribution is -2.56. The number of sulfonamides is 3. The minimum absolute atomic E-state index is 0.0431. The summed E-state index contributed by atoms with van der Waals surface area (Å²) in [5.41, 5.74) is 13.1. The normalized spacial score (nSPS) is 21.4. The summed E-state index contributed by atoms with van der Waals surface area (Å²) >= 11 is 0. The first kappa shape index (κ1) is 45.4. The van der Waals surface area contributed by atoms with Gasteiger partial charge in [0.15, 0.2) is 29.7 Å². The van der Waals surface area contributed by atoms with Gasteiger partial charge in [-0.25, -0.2) is 56.3 Å². The van der Waals surface area contributed by atoms with Gasteiger partial charge >= 0.3 is 0 Å². The number of nitrogens with one attached hydrogen (secondary N) is 2. The molecule has 18 nitrogen and oxygen atoms in total. The topological polar surface area (TPSA) is 276 Å². The van der Waals surface area contributed by atoms with Crippen molar-refractivity contribution in [1.82, 2.24) is 23.1 Å². The molecule has 0 fully saturated rings. The molecule has 314 valence electrons. The van der Waals surface area contributed by atoms with Gasteiger partial charge in [-0.05, 0) is 57.2 Å². The second-order valence-electron chi connectivity index (χ2n) is 12.6. The van der Waals surface area contributed by atoms with Crippen LogP contribution in [0.25, 0.3) is 0 Å². The van der Waals surface area contributed by atoms with E-state index in [9.17, 15) is 53.7 Å².